The molecule has 0 aromatic heterocycles. The molecule has 1 aromatic rings. The Bertz CT molecular complexity index is 520. The monoisotopic (exact) mass is 294 g/mol. The smallest absolute Gasteiger partial charge is 0.224 e. The van der Waals surface area contributed by atoms with Gasteiger partial charge in [-0.15, -0.1) is 0 Å². The highest BCUT2D eigenvalue weighted by Crippen LogP contribution is 2.20. The SMILES string of the molecule is COC(C)CCC(=O)Nc1cc(Cl)ccc1C#CCN. The van der Waals surface area contributed by atoms with E-state index in [1.807, 2.05) is 6.92 Å². The summed E-state index contributed by atoms with van der Waals surface area (Å²) < 4.78 is 5.11. The number of ether oxygens (including phenoxy) is 1. The predicted octanol–water partition coefficient (Wildman–Crippen LogP) is 2.40. The first-order valence-electron chi connectivity index (χ1n) is 6.38. The molecule has 3 N–H and O–H groups in total. The highest BCUT2D eigenvalue weighted by atomic mass is 35.5. The molecule has 0 aliphatic heterocycles. The van der Waals surface area contributed by atoms with Gasteiger partial charge in [0.25, 0.3) is 0 Å². The molecule has 1 rings (SSSR count). The maximum Gasteiger partial charge on any atom is 0.224 e. The predicted molar refractivity (Wildman–Crippen MR) is 81.7 cm³/mol. The van der Waals surface area contributed by atoms with E-state index < -0.39 is 0 Å². The van der Waals surface area contributed by atoms with Gasteiger partial charge in [-0.05, 0) is 31.5 Å². The number of rotatable bonds is 5. The largest absolute Gasteiger partial charge is 0.382 e. The van der Waals surface area contributed by atoms with E-state index in [4.69, 9.17) is 22.1 Å². The summed E-state index contributed by atoms with van der Waals surface area (Å²) in [6, 6.07) is 5.17. The summed E-state index contributed by atoms with van der Waals surface area (Å²) in [4.78, 5) is 11.9. The average Bonchev–Trinajstić information content (AvgIpc) is 2.44. The number of hydrogen-bond donors (Lipinski definition) is 2. The minimum Gasteiger partial charge on any atom is -0.382 e. The van der Waals surface area contributed by atoms with Crippen molar-refractivity contribution >= 4 is 23.2 Å². The number of nitrogens with one attached hydrogen (secondary N) is 1. The van der Waals surface area contributed by atoms with Crippen molar-refractivity contribution in [2.24, 2.45) is 5.73 Å². The molecule has 0 heterocycles. The zero-order valence-electron chi connectivity index (χ0n) is 11.7. The number of amides is 1. The van der Waals surface area contributed by atoms with Crippen LogP contribution in [-0.2, 0) is 9.53 Å². The summed E-state index contributed by atoms with van der Waals surface area (Å²) in [5, 5.41) is 3.36. The number of carbonyl (C=O) groups excluding carboxylic acids is 1. The van der Waals surface area contributed by atoms with Crippen LogP contribution in [0, 0.1) is 11.8 Å². The first-order valence-corrected chi connectivity index (χ1v) is 6.75. The Kier molecular flexibility index (Phi) is 7.10. The topological polar surface area (TPSA) is 64.3 Å². The van der Waals surface area contributed by atoms with Crippen molar-refractivity contribution in [2.75, 3.05) is 19.0 Å². The fraction of sp³-hybridized carbons (Fsp3) is 0.400. The number of halogens is 1. The van der Waals surface area contributed by atoms with Crippen molar-refractivity contribution in [3.8, 4) is 11.8 Å². The zero-order chi connectivity index (χ0) is 15.0. The van der Waals surface area contributed by atoms with Gasteiger partial charge in [-0.3, -0.25) is 4.79 Å². The minimum absolute atomic E-state index is 0.0524. The van der Waals surface area contributed by atoms with E-state index in [-0.39, 0.29) is 18.6 Å². The van der Waals surface area contributed by atoms with Gasteiger partial charge in [0.2, 0.25) is 5.91 Å². The molecule has 1 amide bonds. The van der Waals surface area contributed by atoms with Gasteiger partial charge in [0, 0.05) is 24.1 Å². The van der Waals surface area contributed by atoms with Crippen LogP contribution in [0.15, 0.2) is 18.2 Å². The van der Waals surface area contributed by atoms with E-state index in [1.54, 1.807) is 25.3 Å². The molecule has 4 nitrogen and oxygen atoms in total. The van der Waals surface area contributed by atoms with Gasteiger partial charge in [0.15, 0.2) is 0 Å². The fourth-order valence-electron chi connectivity index (χ4n) is 1.54. The van der Waals surface area contributed by atoms with Crippen LogP contribution in [0.25, 0.3) is 0 Å². The van der Waals surface area contributed by atoms with Gasteiger partial charge >= 0.3 is 0 Å². The lowest BCUT2D eigenvalue weighted by atomic mass is 10.1. The molecule has 0 aliphatic rings. The third-order valence-corrected chi connectivity index (χ3v) is 3.00. The van der Waals surface area contributed by atoms with Gasteiger partial charge in [0.05, 0.1) is 18.3 Å². The Morgan fingerprint density at radius 3 is 2.95 bits per heavy atom. The van der Waals surface area contributed by atoms with Gasteiger partial charge < -0.3 is 15.8 Å². The summed E-state index contributed by atoms with van der Waals surface area (Å²) in [6.07, 6.45) is 1.09. The first-order chi connectivity index (χ1) is 9.56. The summed E-state index contributed by atoms with van der Waals surface area (Å²) in [7, 11) is 1.63. The molecule has 0 radical (unpaired) electrons. The van der Waals surface area contributed by atoms with Crippen molar-refractivity contribution in [1.82, 2.24) is 0 Å². The van der Waals surface area contributed by atoms with E-state index in [0.717, 1.165) is 0 Å². The first kappa shape index (κ1) is 16.5. The lowest BCUT2D eigenvalue weighted by Gasteiger charge is -2.11. The van der Waals surface area contributed by atoms with Gasteiger partial charge in [-0.25, -0.2) is 0 Å². The molecule has 0 saturated carbocycles. The second-order valence-corrected chi connectivity index (χ2v) is 4.77. The molecule has 1 atom stereocenters. The molecule has 20 heavy (non-hydrogen) atoms. The Labute approximate surface area is 124 Å². The van der Waals surface area contributed by atoms with E-state index in [1.165, 1.54) is 0 Å². The molecule has 0 spiro atoms. The number of anilines is 1. The van der Waals surface area contributed by atoms with Crippen LogP contribution in [0.4, 0.5) is 5.69 Å². The van der Waals surface area contributed by atoms with Crippen LogP contribution in [0.1, 0.15) is 25.3 Å². The number of nitrogens with two attached hydrogens (primary N) is 1. The highest BCUT2D eigenvalue weighted by molar-refractivity contribution is 6.31. The van der Waals surface area contributed by atoms with Gasteiger partial charge in [-0.2, -0.15) is 0 Å². The number of carbonyl (C=O) groups is 1. The Balaban J connectivity index is 2.75. The lowest BCUT2D eigenvalue weighted by molar-refractivity contribution is -0.116. The summed E-state index contributed by atoms with van der Waals surface area (Å²) in [5.41, 5.74) is 6.66. The minimum atomic E-state index is -0.0908. The molecule has 5 heteroatoms. The third kappa shape index (κ3) is 5.62. The lowest BCUT2D eigenvalue weighted by Crippen LogP contribution is -2.15. The normalized spacial score (nSPS) is 11.4. The van der Waals surface area contributed by atoms with Crippen LogP contribution >= 0.6 is 11.6 Å². The van der Waals surface area contributed by atoms with E-state index in [2.05, 4.69) is 17.2 Å². The van der Waals surface area contributed by atoms with Crippen LogP contribution in [0.3, 0.4) is 0 Å². The zero-order valence-corrected chi connectivity index (χ0v) is 12.5. The molecule has 1 unspecified atom stereocenters. The Morgan fingerprint density at radius 2 is 2.30 bits per heavy atom. The number of benzene rings is 1. The average molecular weight is 295 g/mol. The molecule has 0 aliphatic carbocycles. The third-order valence-electron chi connectivity index (χ3n) is 2.76. The Hall–Kier alpha value is -1.54. The molecule has 0 saturated heterocycles. The van der Waals surface area contributed by atoms with E-state index >= 15 is 0 Å². The van der Waals surface area contributed by atoms with Crippen LogP contribution in [-0.4, -0.2) is 25.7 Å². The quantitative estimate of drug-likeness (QED) is 0.820. The highest BCUT2D eigenvalue weighted by Gasteiger charge is 2.09. The summed E-state index contributed by atoms with van der Waals surface area (Å²) in [5.74, 6) is 5.58. The molecular weight excluding hydrogens is 276 g/mol. The van der Waals surface area contributed by atoms with Gasteiger partial charge in [-0.1, -0.05) is 23.4 Å². The van der Waals surface area contributed by atoms with Crippen molar-refractivity contribution < 1.29 is 9.53 Å². The van der Waals surface area contributed by atoms with Crippen LogP contribution in [0.5, 0.6) is 0 Å². The van der Waals surface area contributed by atoms with E-state index in [9.17, 15) is 4.79 Å². The van der Waals surface area contributed by atoms with Crippen LogP contribution in [0.2, 0.25) is 5.02 Å². The van der Waals surface area contributed by atoms with Crippen molar-refractivity contribution in [2.45, 2.75) is 25.9 Å². The molecule has 0 bridgehead atoms. The standard InChI is InChI=1S/C15H19ClN2O2/c1-11(20-2)5-8-15(19)18-14-10-13(16)7-6-12(14)4-3-9-17/h6-7,10-11H,5,8-9,17H2,1-2H3,(H,18,19). The van der Waals surface area contributed by atoms with Crippen molar-refractivity contribution in [1.29, 1.82) is 0 Å². The van der Waals surface area contributed by atoms with E-state index in [0.29, 0.717) is 29.1 Å². The number of methoxy groups -OCH3 is 1. The molecular formula is C15H19ClN2O2. The Morgan fingerprint density at radius 1 is 1.55 bits per heavy atom. The maximum absolute atomic E-state index is 11.9. The summed E-state index contributed by atoms with van der Waals surface area (Å²) in [6.45, 7) is 2.19. The number of hydrogen-bond acceptors (Lipinski definition) is 3. The van der Waals surface area contributed by atoms with Gasteiger partial charge in [0.1, 0.15) is 0 Å². The van der Waals surface area contributed by atoms with Crippen molar-refractivity contribution in [3.05, 3.63) is 28.8 Å². The summed E-state index contributed by atoms with van der Waals surface area (Å²) >= 11 is 5.94. The fourth-order valence-corrected chi connectivity index (χ4v) is 1.71. The van der Waals surface area contributed by atoms with Crippen LogP contribution < -0.4 is 11.1 Å². The van der Waals surface area contributed by atoms with Crippen molar-refractivity contribution in [3.63, 3.8) is 0 Å². The maximum atomic E-state index is 11.9. The molecule has 0 fully saturated rings. The second-order valence-electron chi connectivity index (χ2n) is 4.33. The second kappa shape index (κ2) is 8.60. The molecule has 1 aromatic carbocycles. The molecule has 108 valence electrons.